The summed E-state index contributed by atoms with van der Waals surface area (Å²) in [4.78, 5) is 39.5. The highest BCUT2D eigenvalue weighted by Gasteiger charge is 2.45. The van der Waals surface area contributed by atoms with Crippen molar-refractivity contribution in [3.63, 3.8) is 0 Å². The topological polar surface area (TPSA) is 140 Å². The van der Waals surface area contributed by atoms with Gasteiger partial charge in [0.1, 0.15) is 11.5 Å². The van der Waals surface area contributed by atoms with Gasteiger partial charge < -0.3 is 24.8 Å². The first kappa shape index (κ1) is 59.5. The van der Waals surface area contributed by atoms with E-state index in [1.807, 2.05) is 31.2 Å². The maximum atomic E-state index is 12.8. The van der Waals surface area contributed by atoms with Gasteiger partial charge in [-0.3, -0.25) is 19.7 Å². The van der Waals surface area contributed by atoms with Gasteiger partial charge in [0, 0.05) is 57.3 Å². The van der Waals surface area contributed by atoms with Crippen molar-refractivity contribution in [3.8, 4) is 11.5 Å². The van der Waals surface area contributed by atoms with Crippen molar-refractivity contribution in [2.24, 2.45) is 0 Å². The number of ether oxygens (including phenoxy) is 2. The highest BCUT2D eigenvalue weighted by molar-refractivity contribution is 7.02. The van der Waals surface area contributed by atoms with Crippen molar-refractivity contribution >= 4 is 38.1 Å². The molecule has 2 aliphatic heterocycles. The molecule has 10 rings (SSSR count). The van der Waals surface area contributed by atoms with Gasteiger partial charge in [-0.25, -0.2) is 9.59 Å². The number of piperazine rings is 2. The molecule has 8 aromatic carbocycles. The van der Waals surface area contributed by atoms with E-state index in [9.17, 15) is 14.4 Å². The van der Waals surface area contributed by atoms with Gasteiger partial charge in [-0.1, -0.05) is 233 Å². The molecule has 0 saturated carbocycles. The van der Waals surface area contributed by atoms with Gasteiger partial charge in [-0.15, -0.1) is 0 Å². The first-order valence-electron chi connectivity index (χ1n) is 26.2. The second kappa shape index (κ2) is 32.7. The third-order valence-corrected chi connectivity index (χ3v) is 13.3. The fourth-order valence-electron chi connectivity index (χ4n) is 9.93. The normalized spacial score (nSPS) is 13.4. The molecule has 2 heterocycles. The molecule has 8 aromatic rings. The summed E-state index contributed by atoms with van der Waals surface area (Å²) in [6, 6.07) is 82.8. The van der Waals surface area contributed by atoms with E-state index in [1.54, 1.807) is 41.3 Å². The van der Waals surface area contributed by atoms with Crippen LogP contribution in [0, 0.1) is 5.15 Å². The van der Waals surface area contributed by atoms with Crippen molar-refractivity contribution in [1.29, 1.82) is 5.15 Å². The van der Waals surface area contributed by atoms with Gasteiger partial charge in [0.05, 0.1) is 24.2 Å². The number of carboxylic acid groups (broad SMARTS) is 1. The Morgan fingerprint density at radius 3 is 1.04 bits per heavy atom. The highest BCUT2D eigenvalue weighted by atomic mass is 35.5. The van der Waals surface area contributed by atoms with Crippen LogP contribution in [0.5, 0.6) is 11.5 Å². The molecule has 13 heteroatoms. The zero-order valence-electron chi connectivity index (χ0n) is 44.4. The van der Waals surface area contributed by atoms with Crippen molar-refractivity contribution in [1.82, 2.24) is 14.7 Å². The van der Waals surface area contributed by atoms with E-state index < -0.39 is 16.9 Å². The van der Waals surface area contributed by atoms with Crippen LogP contribution in [0.2, 0.25) is 1.41 Å². The van der Waals surface area contributed by atoms with Gasteiger partial charge in [0.2, 0.25) is 0 Å². The Labute approximate surface area is 469 Å². The standard InChI is InChI=1S/C30H28N2O2.C23H24N2.C7H5ClO2.C4H8O2.CH4.H2NP/c33-29(34-28-19-11-4-12-20-28)31-21-23-32(24-22-31)30(25-13-5-1-6-14-25,26-15-7-2-8-16-26)27-17-9-3-10-18-27;1-4-10-20(11-5-1)23(21-12-6-2-7-13-21,22-14-8-3-9-15-22)25-18-16-24-17-19-25;8-7(9)10-6-4-2-1-3-5-6;1-2-3-4(5)6;;1-2/h1-20H,21-24H2;1-15,24H,16-19H2;1-5H;2-3H2,1H3,(H,5,6);1H4;1-2H/p+1/i/hT. The van der Waals surface area contributed by atoms with Gasteiger partial charge in [0.25, 0.3) is 0 Å². The van der Waals surface area contributed by atoms with Crippen LogP contribution in [0.15, 0.2) is 243 Å². The quantitative estimate of drug-likeness (QED) is 0.0624. The van der Waals surface area contributed by atoms with E-state index in [0.717, 1.165) is 45.7 Å². The van der Waals surface area contributed by atoms with E-state index in [0.29, 0.717) is 31.0 Å². The van der Waals surface area contributed by atoms with Crippen molar-refractivity contribution in [2.45, 2.75) is 38.3 Å². The number of hydrogen-bond donors (Lipinski definition) is 3. The lowest BCUT2D eigenvalue weighted by Gasteiger charge is -2.48. The summed E-state index contributed by atoms with van der Waals surface area (Å²) in [5.41, 5.74) is 6.16. The van der Waals surface area contributed by atoms with Crippen LogP contribution in [0.1, 0.15) is 60.6 Å². The minimum atomic E-state index is -0.814. The molecule has 11 nitrogen and oxygen atoms in total. The van der Waals surface area contributed by atoms with E-state index in [4.69, 9.17) is 22.9 Å². The number of aliphatic carboxylic acids is 1. The number of carbonyl (C=O) groups is 3. The number of benzene rings is 8. The summed E-state index contributed by atoms with van der Waals surface area (Å²) >= 11 is 4.95. The summed E-state index contributed by atoms with van der Waals surface area (Å²) in [7, 11) is 2.48. The molecule has 1 amide bonds. The minimum absolute atomic E-state index is 0. The fraction of sp³-hybridized carbons (Fsp3) is 0.215. The second-order valence-electron chi connectivity index (χ2n) is 17.9. The number of nitrogens with one attached hydrogen (secondary N) is 1. The van der Waals surface area contributed by atoms with Crippen LogP contribution in [-0.4, -0.2) is 89.7 Å². The van der Waals surface area contributed by atoms with E-state index in [1.165, 1.54) is 33.4 Å². The molecule has 404 valence electrons. The summed E-state index contributed by atoms with van der Waals surface area (Å²) in [5, 5.41) is 12.9. The van der Waals surface area contributed by atoms with Crippen LogP contribution in [0.4, 0.5) is 9.59 Å². The maximum absolute atomic E-state index is 12.8. The Hall–Kier alpha value is -7.76. The lowest BCUT2D eigenvalue weighted by molar-refractivity contribution is -0.664. The maximum Gasteiger partial charge on any atom is 0.415 e. The van der Waals surface area contributed by atoms with Crippen LogP contribution >= 0.6 is 20.6 Å². The van der Waals surface area contributed by atoms with Crippen molar-refractivity contribution in [3.05, 3.63) is 276 Å². The summed E-state index contributed by atoms with van der Waals surface area (Å²) in [5.74, 6) is 0.321. The zero-order valence-corrected chi connectivity index (χ0v) is 45.2. The third kappa shape index (κ3) is 16.4. The van der Waals surface area contributed by atoms with Crippen molar-refractivity contribution in [2.75, 3.05) is 52.4 Å². The van der Waals surface area contributed by atoms with Gasteiger partial charge in [-0.05, 0) is 73.1 Å². The summed E-state index contributed by atoms with van der Waals surface area (Å²) in [6.07, 6.45) is 0.727. The molecule has 0 spiro atoms. The predicted molar refractivity (Wildman–Crippen MR) is 316 cm³/mol. The van der Waals surface area contributed by atoms with Gasteiger partial charge >= 0.3 is 17.5 Å². The van der Waals surface area contributed by atoms with E-state index >= 15 is 0 Å². The van der Waals surface area contributed by atoms with Crippen LogP contribution in [-0.2, 0) is 15.9 Å². The number of nitrogens with zero attached hydrogens (tertiary/aromatic N) is 3. The lowest BCUT2D eigenvalue weighted by Crippen LogP contribution is -2.90. The Morgan fingerprint density at radius 2 is 0.782 bits per heavy atom. The Balaban J connectivity index is 0.000000222. The van der Waals surface area contributed by atoms with Crippen LogP contribution in [0.25, 0.3) is 0 Å². The number of rotatable bonds is 12. The summed E-state index contributed by atoms with van der Waals surface area (Å²) in [6.45, 7) is 8.94. The molecule has 78 heavy (non-hydrogen) atoms. The highest BCUT2D eigenvalue weighted by Crippen LogP contribution is 2.44. The molecular weight excluding hydrogens is 1010 g/mol. The second-order valence-corrected chi connectivity index (χ2v) is 18.2. The number of quaternary nitrogens is 1. The molecule has 0 atom stereocenters. The van der Waals surface area contributed by atoms with E-state index in [2.05, 4.69) is 216 Å². The number of carboxylic acids is 1. The van der Waals surface area contributed by atoms with Gasteiger partial charge in [0.15, 0.2) is 1.41 Å². The molecule has 0 radical (unpaired) electrons. The zero-order chi connectivity index (χ0) is 55.3. The minimum Gasteiger partial charge on any atom is -0.481 e. The number of amides is 1. The molecule has 2 aliphatic rings. The Bertz CT molecular complexity index is 2770. The molecule has 0 aromatic heterocycles. The summed E-state index contributed by atoms with van der Waals surface area (Å²) < 4.78 is 15.9. The number of para-hydroxylation sites is 2. The number of halogens is 1. The molecule has 2 saturated heterocycles. The molecule has 0 bridgehead atoms. The Kier molecular flexibility index (Phi) is 25.0. The molecule has 2 fully saturated rings. The smallest absolute Gasteiger partial charge is 0.415 e. The first-order valence-corrected chi connectivity index (χ1v) is 26.6. The van der Waals surface area contributed by atoms with Crippen molar-refractivity contribution < 1.29 is 35.7 Å². The molecular formula is C65H72ClN5O6P+. The fourth-order valence-corrected chi connectivity index (χ4v) is 10.0. The first-order chi connectivity index (χ1) is 38.2. The molecule has 0 unspecified atom stereocenters. The lowest BCUT2D eigenvalue weighted by atomic mass is 9.75. The monoisotopic (exact) mass is 1090 g/mol. The third-order valence-electron chi connectivity index (χ3n) is 13.2. The molecule has 0 aliphatic carbocycles. The predicted octanol–water partition coefficient (Wildman–Crippen LogP) is 13.5. The SMILES string of the molecule is C.CCCC(=O)O.O=C(Cl)Oc1ccccc1.O=C(Oc1ccccc1)N1CCN(C(c2ccccc2)(c2ccccc2)c2ccccc2)CC1.[3H]N=P.c1ccc(C(c2ccccc2)(c2ccccc2)N2CC[NH2+]CC2)cc1. The van der Waals surface area contributed by atoms with E-state index in [-0.39, 0.29) is 19.1 Å². The largest absolute Gasteiger partial charge is 0.481 e. The number of nitrogens with two attached hydrogens (primary N) is 1. The number of carbonyl (C=O) groups excluding carboxylic acids is 2. The van der Waals surface area contributed by atoms with Gasteiger partial charge in [-0.2, -0.15) is 0 Å². The van der Waals surface area contributed by atoms with Crippen LogP contribution in [0.3, 0.4) is 0 Å². The Morgan fingerprint density at radius 1 is 0.513 bits per heavy atom. The van der Waals surface area contributed by atoms with Crippen LogP contribution < -0.4 is 14.8 Å². The molecule has 4 N–H and O–H groups in total. The average Bonchev–Trinajstić information content (AvgIpc) is 3.55. The number of hydrogen-bond acceptors (Lipinski definition) is 8. The average molecular weight is 1090 g/mol.